The quantitative estimate of drug-likeness (QED) is 0.199. The number of carbonyl (C=O) groups is 1. The molecule has 1 N–H and O–H groups in total. The minimum Gasteiger partial charge on any atom is -0.507 e. The number of aryl methyl sites for hydroxylation is 1. The van der Waals surface area contributed by atoms with Crippen molar-refractivity contribution < 1.29 is 14.6 Å². The van der Waals surface area contributed by atoms with Gasteiger partial charge in [-0.25, -0.2) is 0 Å². The number of hydrogen-bond acceptors (Lipinski definition) is 3. The van der Waals surface area contributed by atoms with E-state index in [9.17, 15) is 9.90 Å². The molecule has 0 unspecified atom stereocenters. The van der Waals surface area contributed by atoms with Crippen LogP contribution >= 0.6 is 0 Å². The third kappa shape index (κ3) is 7.45. The van der Waals surface area contributed by atoms with Gasteiger partial charge in [-0.2, -0.15) is 0 Å². The van der Waals surface area contributed by atoms with Crippen LogP contribution < -0.4 is 4.74 Å². The topological polar surface area (TPSA) is 46.5 Å². The number of aromatic hydroxyl groups is 1. The van der Waals surface area contributed by atoms with Gasteiger partial charge in [0.2, 0.25) is 0 Å². The van der Waals surface area contributed by atoms with E-state index in [0.717, 1.165) is 31.2 Å². The van der Waals surface area contributed by atoms with E-state index in [1.807, 2.05) is 42.5 Å². The zero-order valence-corrected chi connectivity index (χ0v) is 17.9. The first-order chi connectivity index (χ1) is 15.2. The number of allylic oxidation sites excluding steroid dienone is 2. The van der Waals surface area contributed by atoms with E-state index in [0.29, 0.717) is 12.4 Å². The van der Waals surface area contributed by atoms with Crippen molar-refractivity contribution in [2.75, 3.05) is 0 Å². The lowest BCUT2D eigenvalue weighted by atomic mass is 10.0. The lowest BCUT2D eigenvalue weighted by Gasteiger charge is -2.11. The number of phenolic OH excluding ortho intramolecular Hbond substituents is 1. The van der Waals surface area contributed by atoms with Crippen molar-refractivity contribution in [3.8, 4) is 11.5 Å². The van der Waals surface area contributed by atoms with Gasteiger partial charge < -0.3 is 9.84 Å². The van der Waals surface area contributed by atoms with E-state index in [4.69, 9.17) is 4.74 Å². The third-order valence-electron chi connectivity index (χ3n) is 5.19. The van der Waals surface area contributed by atoms with Crippen LogP contribution in [0.15, 0.2) is 91.0 Å². The fourth-order valence-corrected chi connectivity index (χ4v) is 3.49. The molecule has 0 saturated heterocycles. The third-order valence-corrected chi connectivity index (χ3v) is 5.19. The fraction of sp³-hybridized carbons (Fsp3) is 0.250. The monoisotopic (exact) mass is 414 g/mol. The van der Waals surface area contributed by atoms with Crippen LogP contribution in [0.4, 0.5) is 0 Å². The van der Waals surface area contributed by atoms with E-state index in [2.05, 4.69) is 24.3 Å². The van der Waals surface area contributed by atoms with Gasteiger partial charge in [-0.05, 0) is 55.0 Å². The van der Waals surface area contributed by atoms with Crippen LogP contribution in [-0.4, -0.2) is 10.9 Å². The number of ether oxygens (including phenoxy) is 1. The molecule has 0 aliphatic carbocycles. The van der Waals surface area contributed by atoms with Crippen molar-refractivity contribution in [1.82, 2.24) is 0 Å². The zero-order chi connectivity index (χ0) is 21.7. The molecule has 3 nitrogen and oxygen atoms in total. The van der Waals surface area contributed by atoms with Crippen LogP contribution in [0.2, 0.25) is 0 Å². The molecule has 0 heterocycles. The summed E-state index contributed by atoms with van der Waals surface area (Å²) in [4.78, 5) is 12.7. The molecule has 0 aliphatic rings. The van der Waals surface area contributed by atoms with Crippen molar-refractivity contribution in [2.24, 2.45) is 0 Å². The van der Waals surface area contributed by atoms with Gasteiger partial charge in [0.1, 0.15) is 23.7 Å². The smallest absolute Gasteiger partial charge is 0.192 e. The molecule has 3 rings (SSSR count). The first kappa shape index (κ1) is 22.4. The Morgan fingerprint density at radius 1 is 0.774 bits per heavy atom. The summed E-state index contributed by atoms with van der Waals surface area (Å²) in [5, 5.41) is 10.2. The van der Waals surface area contributed by atoms with Gasteiger partial charge in [0.25, 0.3) is 0 Å². The van der Waals surface area contributed by atoms with Gasteiger partial charge >= 0.3 is 0 Å². The second-order valence-electron chi connectivity index (χ2n) is 7.63. The first-order valence-electron chi connectivity index (χ1n) is 11.0. The van der Waals surface area contributed by atoms with Crippen LogP contribution in [0.5, 0.6) is 11.5 Å². The van der Waals surface area contributed by atoms with Gasteiger partial charge in [-0.1, -0.05) is 85.6 Å². The summed E-state index contributed by atoms with van der Waals surface area (Å²) in [6, 6.07) is 25.2. The van der Waals surface area contributed by atoms with Gasteiger partial charge in [0.05, 0.1) is 0 Å². The highest BCUT2D eigenvalue weighted by Gasteiger charge is 2.15. The SMILES string of the molecule is O=C(/C=C/CCCCCCc1ccccc1)c1c(O)cccc1OCc1ccccc1. The molecule has 0 amide bonds. The molecule has 3 heteroatoms. The molecular weight excluding hydrogens is 384 g/mol. The molecule has 0 fully saturated rings. The van der Waals surface area contributed by atoms with Crippen molar-refractivity contribution in [3.63, 3.8) is 0 Å². The Kier molecular flexibility index (Phi) is 8.93. The Morgan fingerprint density at radius 3 is 2.19 bits per heavy atom. The molecule has 0 spiro atoms. The molecular formula is C28H30O3. The van der Waals surface area contributed by atoms with Crippen molar-refractivity contribution in [3.05, 3.63) is 108 Å². The highest BCUT2D eigenvalue weighted by atomic mass is 16.5. The molecule has 0 aliphatic heterocycles. The number of rotatable bonds is 12. The van der Waals surface area contributed by atoms with E-state index in [-0.39, 0.29) is 17.1 Å². The second-order valence-corrected chi connectivity index (χ2v) is 7.63. The van der Waals surface area contributed by atoms with Crippen LogP contribution in [0, 0.1) is 0 Å². The lowest BCUT2D eigenvalue weighted by molar-refractivity contribution is 0.103. The van der Waals surface area contributed by atoms with Crippen molar-refractivity contribution >= 4 is 5.78 Å². The minimum absolute atomic E-state index is 0.0545. The van der Waals surface area contributed by atoms with Crippen molar-refractivity contribution in [1.29, 1.82) is 0 Å². The summed E-state index contributed by atoms with van der Waals surface area (Å²) in [7, 11) is 0. The molecule has 160 valence electrons. The Balaban J connectivity index is 1.43. The summed E-state index contributed by atoms with van der Waals surface area (Å²) >= 11 is 0. The highest BCUT2D eigenvalue weighted by molar-refractivity contribution is 6.08. The maximum absolute atomic E-state index is 12.7. The van der Waals surface area contributed by atoms with E-state index < -0.39 is 0 Å². The number of carbonyl (C=O) groups excluding carboxylic acids is 1. The second kappa shape index (κ2) is 12.4. The largest absolute Gasteiger partial charge is 0.507 e. The number of hydrogen-bond donors (Lipinski definition) is 1. The number of ketones is 1. The van der Waals surface area contributed by atoms with Crippen LogP contribution in [0.1, 0.15) is 53.6 Å². The van der Waals surface area contributed by atoms with Gasteiger partial charge in [0, 0.05) is 0 Å². The first-order valence-corrected chi connectivity index (χ1v) is 11.0. The predicted molar refractivity (Wildman–Crippen MR) is 126 cm³/mol. The van der Waals surface area contributed by atoms with Crippen LogP contribution in [-0.2, 0) is 13.0 Å². The Labute approximate surface area is 185 Å². The molecule has 3 aromatic rings. The molecule has 0 atom stereocenters. The number of phenols is 1. The minimum atomic E-state index is -0.231. The molecule has 31 heavy (non-hydrogen) atoms. The predicted octanol–water partition coefficient (Wildman–Crippen LogP) is 6.90. The molecule has 0 radical (unpaired) electrons. The van der Waals surface area contributed by atoms with Gasteiger partial charge in [0.15, 0.2) is 5.78 Å². The Morgan fingerprint density at radius 2 is 1.45 bits per heavy atom. The maximum atomic E-state index is 12.7. The van der Waals surface area contributed by atoms with Gasteiger partial charge in [-0.3, -0.25) is 4.79 Å². The zero-order valence-electron chi connectivity index (χ0n) is 17.9. The molecule has 3 aromatic carbocycles. The summed E-state index contributed by atoms with van der Waals surface area (Å²) in [5.74, 6) is 0.116. The fourth-order valence-electron chi connectivity index (χ4n) is 3.49. The summed E-state index contributed by atoms with van der Waals surface area (Å²) in [6.07, 6.45) is 9.99. The molecule has 0 saturated carbocycles. The van der Waals surface area contributed by atoms with Crippen LogP contribution in [0.25, 0.3) is 0 Å². The summed E-state index contributed by atoms with van der Waals surface area (Å²) < 4.78 is 5.82. The Bertz CT molecular complexity index is 962. The standard InChI is InChI=1S/C28H30O3/c29-25(19-12-4-2-1-3-7-14-23-15-8-5-9-16-23)28-26(30)20-13-21-27(28)31-22-24-17-10-6-11-18-24/h5-6,8-13,15-21,30H,1-4,7,14,22H2/b19-12+. The van der Waals surface area contributed by atoms with E-state index in [1.54, 1.807) is 18.2 Å². The average molecular weight is 415 g/mol. The lowest BCUT2D eigenvalue weighted by Crippen LogP contribution is -2.03. The normalized spacial score (nSPS) is 11.0. The van der Waals surface area contributed by atoms with E-state index >= 15 is 0 Å². The van der Waals surface area contributed by atoms with Gasteiger partial charge in [-0.15, -0.1) is 0 Å². The molecule has 0 bridgehead atoms. The molecule has 0 aromatic heterocycles. The van der Waals surface area contributed by atoms with Crippen LogP contribution in [0.3, 0.4) is 0 Å². The Hall–Kier alpha value is -3.33. The van der Waals surface area contributed by atoms with E-state index in [1.165, 1.54) is 24.5 Å². The number of unbranched alkanes of at least 4 members (excludes halogenated alkanes) is 4. The summed E-state index contributed by atoms with van der Waals surface area (Å²) in [5.41, 5.74) is 2.62. The average Bonchev–Trinajstić information content (AvgIpc) is 2.80. The van der Waals surface area contributed by atoms with Crippen molar-refractivity contribution in [2.45, 2.75) is 45.1 Å². The highest BCUT2D eigenvalue weighted by Crippen LogP contribution is 2.29. The summed E-state index contributed by atoms with van der Waals surface area (Å²) in [6.45, 7) is 0.345. The number of benzene rings is 3. The maximum Gasteiger partial charge on any atom is 0.192 e.